The summed E-state index contributed by atoms with van der Waals surface area (Å²) in [6, 6.07) is -1.53. The summed E-state index contributed by atoms with van der Waals surface area (Å²) < 4.78 is 7.63. The Balaban J connectivity index is 0.000000464. The first kappa shape index (κ1) is 23.6. The summed E-state index contributed by atoms with van der Waals surface area (Å²) in [6.07, 6.45) is 6.95. The van der Waals surface area contributed by atoms with E-state index in [0.29, 0.717) is 6.54 Å². The minimum absolute atomic E-state index is 0. The van der Waals surface area contributed by atoms with E-state index >= 15 is 0 Å². The zero-order chi connectivity index (χ0) is 19.0. The predicted octanol–water partition coefficient (Wildman–Crippen LogP) is -0.283. The van der Waals surface area contributed by atoms with Crippen molar-refractivity contribution in [2.75, 3.05) is 7.11 Å². The van der Waals surface area contributed by atoms with Gasteiger partial charge in [0.15, 0.2) is 0 Å². The molecule has 0 spiro atoms. The number of methoxy groups -OCH3 is 1. The highest BCUT2D eigenvalue weighted by Gasteiger charge is 2.14. The van der Waals surface area contributed by atoms with Crippen molar-refractivity contribution in [2.24, 2.45) is 11.5 Å². The van der Waals surface area contributed by atoms with Crippen LogP contribution in [0.3, 0.4) is 0 Å². The van der Waals surface area contributed by atoms with Gasteiger partial charge in [0.25, 0.3) is 0 Å². The number of hydrogen-bond donors (Lipinski definition) is 3. The molecule has 0 bridgehead atoms. The Labute approximate surface area is 157 Å². The molecule has 10 nitrogen and oxygen atoms in total. The number of carboxylic acid groups (broad SMARTS) is 1. The van der Waals surface area contributed by atoms with Crippen LogP contribution < -0.4 is 11.5 Å². The van der Waals surface area contributed by atoms with E-state index in [1.165, 1.54) is 11.8 Å². The van der Waals surface area contributed by atoms with Crippen LogP contribution in [0.4, 0.5) is 0 Å². The fourth-order valence-electron chi connectivity index (χ4n) is 1.84. The maximum atomic E-state index is 10.9. The quantitative estimate of drug-likeness (QED) is 0.571. The molecule has 2 unspecified atom stereocenters. The van der Waals surface area contributed by atoms with Gasteiger partial charge in [0.2, 0.25) is 0 Å². The van der Waals surface area contributed by atoms with Crippen LogP contribution in [0, 0.1) is 13.8 Å². The van der Waals surface area contributed by atoms with Crippen LogP contribution in [0.15, 0.2) is 24.8 Å². The second-order valence-electron chi connectivity index (χ2n) is 5.55. The zero-order valence-electron chi connectivity index (χ0n) is 14.9. The first-order chi connectivity index (χ1) is 11.7. The smallest absolute Gasteiger partial charge is 0.324 e. The van der Waals surface area contributed by atoms with Gasteiger partial charge >= 0.3 is 11.9 Å². The fourth-order valence-corrected chi connectivity index (χ4v) is 1.84. The number of aliphatic carboxylic acids is 1. The number of carbonyl (C=O) groups excluding carboxylic acids is 1. The van der Waals surface area contributed by atoms with Crippen molar-refractivity contribution in [3.05, 3.63) is 35.9 Å². The molecule has 0 aliphatic rings. The van der Waals surface area contributed by atoms with Crippen LogP contribution in [0.2, 0.25) is 0 Å². The first-order valence-corrected chi connectivity index (χ1v) is 7.52. The molecule has 2 heterocycles. The predicted molar refractivity (Wildman–Crippen MR) is 96.8 cm³/mol. The number of esters is 1. The Morgan fingerprint density at radius 2 is 1.50 bits per heavy atom. The second-order valence-corrected chi connectivity index (χ2v) is 5.55. The van der Waals surface area contributed by atoms with Crippen LogP contribution >= 0.6 is 12.4 Å². The van der Waals surface area contributed by atoms with Crippen molar-refractivity contribution in [2.45, 2.75) is 39.0 Å². The normalized spacial score (nSPS) is 12.2. The van der Waals surface area contributed by atoms with Gasteiger partial charge < -0.3 is 21.3 Å². The molecule has 0 radical (unpaired) electrons. The second kappa shape index (κ2) is 11.2. The monoisotopic (exact) mass is 388 g/mol. The summed E-state index contributed by atoms with van der Waals surface area (Å²) in [7, 11) is 1.32. The molecule has 0 aliphatic heterocycles. The molecule has 2 atom stereocenters. The summed E-state index contributed by atoms with van der Waals surface area (Å²) in [5.74, 6) is -1.43. The van der Waals surface area contributed by atoms with Crippen molar-refractivity contribution >= 4 is 24.3 Å². The Hall–Kier alpha value is -2.43. The molecule has 146 valence electrons. The van der Waals surface area contributed by atoms with Gasteiger partial charge in [-0.15, -0.1) is 12.4 Å². The van der Waals surface area contributed by atoms with E-state index in [9.17, 15) is 9.59 Å². The number of hydrogen-bond acceptors (Lipinski definition) is 7. The van der Waals surface area contributed by atoms with Crippen LogP contribution in [0.5, 0.6) is 0 Å². The third-order valence-corrected chi connectivity index (χ3v) is 3.11. The standard InChI is InChI=1S/C8H13N3O2.C7H11N3O2.ClH/c1-6-3-10-11(4-6)5-7(9)8(12)13-2;1-5-2-9-10(3-5)4-6(8)7(11)12;/h3-4,7H,5,9H2,1-2H3;2-3,6H,4,8H2,1H3,(H,11,12);1H. The number of halogens is 1. The Kier molecular flexibility index (Phi) is 10.2. The van der Waals surface area contributed by atoms with Gasteiger partial charge in [0, 0.05) is 12.4 Å². The number of nitrogens with zero attached hydrogens (tertiary/aromatic N) is 4. The molecule has 0 aliphatic carbocycles. The highest BCUT2D eigenvalue weighted by molar-refractivity contribution is 5.85. The summed E-state index contributed by atoms with van der Waals surface area (Å²) >= 11 is 0. The average molecular weight is 389 g/mol. The van der Waals surface area contributed by atoms with Crippen molar-refractivity contribution in [1.82, 2.24) is 19.6 Å². The van der Waals surface area contributed by atoms with Crippen LogP contribution in [-0.2, 0) is 27.4 Å². The van der Waals surface area contributed by atoms with E-state index in [4.69, 9.17) is 16.6 Å². The van der Waals surface area contributed by atoms with Gasteiger partial charge in [-0.2, -0.15) is 10.2 Å². The lowest BCUT2D eigenvalue weighted by molar-refractivity contribution is -0.142. The van der Waals surface area contributed by atoms with Crippen LogP contribution in [0.25, 0.3) is 0 Å². The average Bonchev–Trinajstić information content (AvgIpc) is 3.15. The van der Waals surface area contributed by atoms with Gasteiger partial charge in [0.05, 0.1) is 32.6 Å². The molecule has 2 rings (SSSR count). The number of carboxylic acids is 1. The lowest BCUT2D eigenvalue weighted by Crippen LogP contribution is -2.35. The van der Waals surface area contributed by atoms with Crippen molar-refractivity contribution < 1.29 is 19.4 Å². The van der Waals surface area contributed by atoms with Gasteiger partial charge in [-0.25, -0.2) is 0 Å². The Bertz CT molecular complexity index is 702. The summed E-state index contributed by atoms with van der Waals surface area (Å²) in [5.41, 5.74) is 12.9. The minimum atomic E-state index is -1.01. The lowest BCUT2D eigenvalue weighted by atomic mass is 10.3. The highest BCUT2D eigenvalue weighted by Crippen LogP contribution is 1.96. The van der Waals surface area contributed by atoms with Gasteiger partial charge in [-0.05, 0) is 25.0 Å². The number of aryl methyl sites for hydroxylation is 2. The third kappa shape index (κ3) is 8.10. The number of nitrogens with two attached hydrogens (primary N) is 2. The van der Waals surface area contributed by atoms with Crippen LogP contribution in [0.1, 0.15) is 11.1 Å². The largest absolute Gasteiger partial charge is 0.480 e. The number of aromatic nitrogens is 4. The molecule has 2 aromatic heterocycles. The number of carbonyl (C=O) groups is 2. The molecule has 2 aromatic rings. The van der Waals surface area contributed by atoms with Gasteiger partial charge in [-0.1, -0.05) is 0 Å². The summed E-state index contributed by atoms with van der Waals surface area (Å²) in [4.78, 5) is 21.3. The molecule has 0 saturated heterocycles. The maximum absolute atomic E-state index is 10.9. The summed E-state index contributed by atoms with van der Waals surface area (Å²) in [5, 5.41) is 16.4. The van der Waals surface area contributed by atoms with E-state index in [2.05, 4.69) is 14.9 Å². The molecule has 0 aromatic carbocycles. The van der Waals surface area contributed by atoms with Crippen molar-refractivity contribution in [3.63, 3.8) is 0 Å². The summed E-state index contributed by atoms with van der Waals surface area (Å²) in [6.45, 7) is 4.37. The van der Waals surface area contributed by atoms with E-state index in [0.717, 1.165) is 11.1 Å². The molecular weight excluding hydrogens is 364 g/mol. The number of ether oxygens (including phenoxy) is 1. The first-order valence-electron chi connectivity index (χ1n) is 7.52. The molecule has 11 heteroatoms. The fraction of sp³-hybridized carbons (Fsp3) is 0.467. The Morgan fingerprint density at radius 1 is 1.08 bits per heavy atom. The third-order valence-electron chi connectivity index (χ3n) is 3.11. The van der Waals surface area contributed by atoms with Crippen LogP contribution in [-0.4, -0.2) is 55.8 Å². The van der Waals surface area contributed by atoms with E-state index < -0.39 is 24.0 Å². The molecular formula is C15H25ClN6O4. The van der Waals surface area contributed by atoms with Crippen molar-refractivity contribution in [1.29, 1.82) is 0 Å². The zero-order valence-corrected chi connectivity index (χ0v) is 15.7. The van der Waals surface area contributed by atoms with E-state index in [-0.39, 0.29) is 19.0 Å². The molecule has 26 heavy (non-hydrogen) atoms. The Morgan fingerprint density at radius 3 is 1.81 bits per heavy atom. The molecule has 5 N–H and O–H groups in total. The van der Waals surface area contributed by atoms with Crippen molar-refractivity contribution in [3.8, 4) is 0 Å². The SMILES string of the molecule is COC(=O)C(N)Cn1cc(C)cn1.Cc1cnn(CC(N)C(=O)O)c1.Cl. The molecule has 0 fully saturated rings. The maximum Gasteiger partial charge on any atom is 0.324 e. The van der Waals surface area contributed by atoms with Gasteiger partial charge in [-0.3, -0.25) is 19.0 Å². The lowest BCUT2D eigenvalue weighted by Gasteiger charge is -2.08. The number of rotatable bonds is 6. The molecule has 0 saturated carbocycles. The topological polar surface area (TPSA) is 151 Å². The molecule has 0 amide bonds. The van der Waals surface area contributed by atoms with E-state index in [1.807, 2.05) is 20.0 Å². The minimum Gasteiger partial charge on any atom is -0.480 e. The highest BCUT2D eigenvalue weighted by atomic mass is 35.5. The van der Waals surface area contributed by atoms with E-state index in [1.54, 1.807) is 23.3 Å². The van der Waals surface area contributed by atoms with Gasteiger partial charge in [0.1, 0.15) is 12.1 Å².